The Morgan fingerprint density at radius 3 is 0.674 bits per heavy atom. The summed E-state index contributed by atoms with van der Waals surface area (Å²) in [6, 6.07) is 0. The lowest BCUT2D eigenvalue weighted by atomic mass is 9.71. The molecule has 4 aliphatic rings. The molecule has 0 heterocycles. The molecule has 4 aliphatic carbocycles. The van der Waals surface area contributed by atoms with E-state index in [0.29, 0.717) is 34.8 Å². The third kappa shape index (κ3) is 50.4. The third-order valence-electron chi connectivity index (χ3n) is 23.3. The molecule has 0 fully saturated rings. The first-order chi connectivity index (χ1) is 60.7. The topological polar surface area (TPSA) is 74.6 Å². The van der Waals surface area contributed by atoms with Crippen molar-refractivity contribution in [2.24, 2.45) is 21.7 Å². The molecule has 0 spiro atoms. The Morgan fingerprint density at radius 1 is 0.271 bits per heavy atom. The standard InChI is InChI=1S/C45H62.C40H52O4.C40H56/c1-37(2)21-14-25-41(7)29-18-33-43(9)31-16-27-39(5)23-12-13-24-40(6)28-17-32-44(10)35-20-36-45(11)34-19-30-42(8)26-15-22-38(3)4;1-27(17-13-19-29(3)21-23-33-31(5)37(43)35(41)25-39(33,7)8)15-11-12-16-28(2)18-14-20-30(4)22-24-34-32(6)38(44)36(42)26-40(34,9)10;1-31(19-13-21-33(3)25-27-37-35(5)23-15-29-39(37,7)8)17-11-12-18-32(2)20-14-22-34(4)26-28-38-36(6)24-16-30-40(38,9)10/h12-13,16-24,27-36H,14-15,25-26H2,1-11H3;11-24,35-36,41-42H,25-26H2,1-10H3;11-14,17-22,25-28H,15-16,23-24,29-30H2,1-10H3/b13-12+,27-16+,28-17+,33-18+,34-19+,35-20+,39-23+,40-24+,41-29+,42-30+,43-31+,44-32+,45-36+;12-11+,17-13+,18-14+,23-21+,24-22+,27-15+,28-16+,29-19+,30-20+;12-11+,19-13+,20-14+,27-25+,28-26+,31-17+,32-18+,33-21+,34-22+. The predicted molar refractivity (Wildman–Crippen MR) is 575 cm³/mol. The van der Waals surface area contributed by atoms with Crippen LogP contribution in [0.2, 0.25) is 0 Å². The van der Waals surface area contributed by atoms with Crippen LogP contribution < -0.4 is 0 Å². The second kappa shape index (κ2) is 61.3. The van der Waals surface area contributed by atoms with Crippen molar-refractivity contribution in [2.45, 2.75) is 304 Å². The molecule has 4 nitrogen and oxygen atoms in total. The van der Waals surface area contributed by atoms with Crippen LogP contribution in [0, 0.1) is 21.7 Å². The highest BCUT2D eigenvalue weighted by Gasteiger charge is 2.38. The zero-order chi connectivity index (χ0) is 96.9. The van der Waals surface area contributed by atoms with E-state index in [9.17, 15) is 19.8 Å². The summed E-state index contributed by atoms with van der Waals surface area (Å²) in [6.45, 7) is 66.4. The minimum atomic E-state index is -0.907. The largest absolute Gasteiger partial charge is 0.385 e. The summed E-state index contributed by atoms with van der Waals surface area (Å²) < 4.78 is 0. The van der Waals surface area contributed by atoms with Gasteiger partial charge in [0.15, 0.2) is 11.6 Å². The number of carbonyl (C=O) groups excluding carboxylic acids is 2. The fraction of sp³-hybridized carbons (Fsp3) is 0.392. The van der Waals surface area contributed by atoms with Crippen molar-refractivity contribution in [2.75, 3.05) is 0 Å². The molecule has 0 saturated heterocycles. The highest BCUT2D eigenvalue weighted by atomic mass is 16.3. The van der Waals surface area contributed by atoms with Gasteiger partial charge in [0.05, 0.1) is 0 Å². The molecule has 4 rings (SSSR count). The van der Waals surface area contributed by atoms with Gasteiger partial charge in [0.25, 0.3) is 0 Å². The Hall–Kier alpha value is -10.4. The molecule has 2 N–H and O–H groups in total. The zero-order valence-electron chi connectivity index (χ0n) is 86.1. The maximum absolute atomic E-state index is 12.2. The molecule has 0 aromatic heterocycles. The average Bonchev–Trinajstić information content (AvgIpc) is 0.795. The molecule has 0 aromatic rings. The van der Waals surface area contributed by atoms with Crippen molar-refractivity contribution in [3.8, 4) is 0 Å². The van der Waals surface area contributed by atoms with Gasteiger partial charge in [-0.1, -0.05) is 459 Å². The molecule has 0 aliphatic heterocycles. The summed E-state index contributed by atoms with van der Waals surface area (Å²) in [5.41, 5.74) is 30.6. The van der Waals surface area contributed by atoms with Crippen molar-refractivity contribution in [3.05, 3.63) is 437 Å². The lowest BCUT2D eigenvalue weighted by Gasteiger charge is -2.34. The van der Waals surface area contributed by atoms with Crippen molar-refractivity contribution in [1.29, 1.82) is 0 Å². The van der Waals surface area contributed by atoms with Crippen molar-refractivity contribution >= 4 is 11.6 Å². The van der Waals surface area contributed by atoms with E-state index in [1.807, 2.05) is 74.6 Å². The monoisotopic (exact) mass is 1740 g/mol. The molecule has 2 atom stereocenters. The highest BCUT2D eigenvalue weighted by Crippen LogP contribution is 2.44. The van der Waals surface area contributed by atoms with Gasteiger partial charge in [-0.2, -0.15) is 0 Å². The molecule has 0 radical (unpaired) electrons. The molecule has 0 bridgehead atoms. The van der Waals surface area contributed by atoms with Crippen LogP contribution in [-0.4, -0.2) is 34.0 Å². The van der Waals surface area contributed by atoms with E-state index in [-0.39, 0.29) is 22.4 Å². The van der Waals surface area contributed by atoms with Gasteiger partial charge in [0.2, 0.25) is 0 Å². The molecule has 0 amide bonds. The second-order valence-corrected chi connectivity index (χ2v) is 39.1. The van der Waals surface area contributed by atoms with Crippen LogP contribution in [0.1, 0.15) is 292 Å². The molecule has 2 unspecified atom stereocenters. The lowest BCUT2D eigenvalue weighted by Crippen LogP contribution is -2.35. The summed E-state index contributed by atoms with van der Waals surface area (Å²) in [6.07, 6.45) is 116. The van der Waals surface area contributed by atoms with Crippen molar-refractivity contribution in [3.63, 3.8) is 0 Å². The fourth-order valence-electron chi connectivity index (χ4n) is 15.2. The average molecular weight is 1740 g/mol. The van der Waals surface area contributed by atoms with E-state index in [1.54, 1.807) is 25.0 Å². The molecule has 0 aromatic carbocycles. The highest BCUT2D eigenvalue weighted by molar-refractivity contribution is 6.01. The second-order valence-electron chi connectivity index (χ2n) is 39.1. The number of carbonyl (C=O) groups is 2. The van der Waals surface area contributed by atoms with Crippen LogP contribution >= 0.6 is 0 Å². The Balaban J connectivity index is 0.000000656. The van der Waals surface area contributed by atoms with E-state index >= 15 is 0 Å². The van der Waals surface area contributed by atoms with Gasteiger partial charge in [-0.05, 0) is 291 Å². The minimum Gasteiger partial charge on any atom is -0.385 e. The van der Waals surface area contributed by atoms with Crippen LogP contribution in [-0.2, 0) is 9.59 Å². The third-order valence-corrected chi connectivity index (χ3v) is 23.3. The van der Waals surface area contributed by atoms with Gasteiger partial charge in [-0.3, -0.25) is 9.59 Å². The first kappa shape index (κ1) is 115. The lowest BCUT2D eigenvalue weighted by molar-refractivity contribution is -0.126. The maximum Gasteiger partial charge on any atom is 0.187 e. The summed E-state index contributed by atoms with van der Waals surface area (Å²) >= 11 is 0. The van der Waals surface area contributed by atoms with Crippen molar-refractivity contribution < 1.29 is 19.8 Å². The van der Waals surface area contributed by atoms with Gasteiger partial charge in [0.1, 0.15) is 12.2 Å². The van der Waals surface area contributed by atoms with E-state index in [0.717, 1.165) is 59.1 Å². The summed E-state index contributed by atoms with van der Waals surface area (Å²) in [4.78, 5) is 24.5. The summed E-state index contributed by atoms with van der Waals surface area (Å²) in [5, 5.41) is 20.0. The van der Waals surface area contributed by atoms with E-state index in [1.165, 1.54) is 122 Å². The Labute approximate surface area is 788 Å². The first-order valence-electron chi connectivity index (χ1n) is 47.1. The summed E-state index contributed by atoms with van der Waals surface area (Å²) in [7, 11) is 0. The number of rotatable bonds is 38. The predicted octanol–water partition coefficient (Wildman–Crippen LogP) is 36.0. The Bertz CT molecular complexity index is 4800. The number of hydrogen-bond donors (Lipinski definition) is 2. The first-order valence-corrected chi connectivity index (χ1v) is 47.1. The quantitative estimate of drug-likeness (QED) is 0.0477. The molecular formula is C125H170O4. The number of allylic oxidation sites excluding steroid dienone is 72. The number of aliphatic hydroxyl groups excluding tert-OH is 2. The SMILES string of the molecule is CC(C)=CCC/C(C)=C/C=C/C(C)=C/C=C/C(C)=C/C=C/C=C(C)/C=C/C=C(C)/C=C/C=C(C)/C=C/C=C(\C)CCC=C(C)C.CC1=C(/C=C/C(C)=C/C=C/C(C)=C/C=C/C=C(C)/C=C/C=C(C)/C=C/C2=C(C)C(=O)C(O)CC2(C)C)C(C)(C)CC(O)C1=O.CC1=C(/C=C/C(C)=C/C=C/C(C)=C/C=C/C=C(C)/C=C/C=C(C)/C=C/C2=C(C)CCCC2(C)C)C(C)(C)CCC1. The van der Waals surface area contributed by atoms with Gasteiger partial charge < -0.3 is 10.2 Å². The van der Waals surface area contributed by atoms with E-state index in [2.05, 4.69) is 424 Å². The van der Waals surface area contributed by atoms with Gasteiger partial charge in [-0.25, -0.2) is 0 Å². The molecule has 4 heteroatoms. The van der Waals surface area contributed by atoms with Crippen LogP contribution in [0.5, 0.6) is 0 Å². The van der Waals surface area contributed by atoms with Crippen molar-refractivity contribution in [1.82, 2.24) is 0 Å². The van der Waals surface area contributed by atoms with Crippen LogP contribution in [0.25, 0.3) is 0 Å². The molecule has 694 valence electrons. The zero-order valence-corrected chi connectivity index (χ0v) is 86.1. The molecule has 129 heavy (non-hydrogen) atoms. The van der Waals surface area contributed by atoms with E-state index in [4.69, 9.17) is 0 Å². The summed E-state index contributed by atoms with van der Waals surface area (Å²) in [5.74, 6) is -0.350. The molecular weight excluding hydrogens is 1570 g/mol. The maximum atomic E-state index is 12.2. The van der Waals surface area contributed by atoms with Crippen LogP contribution in [0.4, 0.5) is 0 Å². The Kier molecular flexibility index (Phi) is 54.5. The molecule has 0 saturated carbocycles. The fourth-order valence-corrected chi connectivity index (χ4v) is 15.2. The number of Topliss-reactive ketones (excluding diaryl/α,β-unsaturated/α-hetero) is 2. The van der Waals surface area contributed by atoms with Crippen LogP contribution in [0.15, 0.2) is 437 Å². The van der Waals surface area contributed by atoms with Crippen LogP contribution in [0.3, 0.4) is 0 Å². The van der Waals surface area contributed by atoms with E-state index < -0.39 is 12.2 Å². The van der Waals surface area contributed by atoms with Gasteiger partial charge in [-0.15, -0.1) is 0 Å². The minimum absolute atomic E-state index is 0.175. The van der Waals surface area contributed by atoms with Gasteiger partial charge >= 0.3 is 0 Å². The number of hydrogen-bond acceptors (Lipinski definition) is 4. The number of ketones is 2. The number of aliphatic hydroxyl groups is 2. The normalized spacial score (nSPS) is 20.5. The smallest absolute Gasteiger partial charge is 0.187 e. The Morgan fingerprint density at radius 2 is 0.465 bits per heavy atom. The van der Waals surface area contributed by atoms with Gasteiger partial charge in [0, 0.05) is 0 Å².